The van der Waals surface area contributed by atoms with Gasteiger partial charge in [-0.05, 0) is 25.3 Å². The Morgan fingerprint density at radius 3 is 2.81 bits per heavy atom. The quantitative estimate of drug-likeness (QED) is 0.792. The maximum Gasteiger partial charge on any atom is 0.348 e. The van der Waals surface area contributed by atoms with Crippen molar-refractivity contribution in [3.05, 3.63) is 44.4 Å². The van der Waals surface area contributed by atoms with E-state index in [9.17, 15) is 9.90 Å². The van der Waals surface area contributed by atoms with Crippen LogP contribution in [0.15, 0.2) is 22.0 Å². The average molecular weight is 320 g/mol. The van der Waals surface area contributed by atoms with Crippen LogP contribution in [0.25, 0.3) is 10.6 Å². The molecule has 0 radical (unpaired) electrons. The molecule has 0 atom stereocenters. The molecule has 3 aromatic rings. The van der Waals surface area contributed by atoms with E-state index in [1.807, 2.05) is 31.4 Å². The number of aromatic carboxylic acids is 1. The van der Waals surface area contributed by atoms with Crippen molar-refractivity contribution in [2.24, 2.45) is 0 Å². The zero-order chi connectivity index (χ0) is 15.0. The lowest BCUT2D eigenvalue weighted by molar-refractivity contribution is 0.0702. The van der Waals surface area contributed by atoms with Gasteiger partial charge < -0.3 is 9.63 Å². The number of rotatable bonds is 4. The highest BCUT2D eigenvalue weighted by atomic mass is 32.1. The Morgan fingerprint density at radius 1 is 1.43 bits per heavy atom. The topological polar surface area (TPSA) is 76.2 Å². The molecule has 0 saturated heterocycles. The van der Waals surface area contributed by atoms with E-state index in [1.54, 1.807) is 0 Å². The molecule has 3 heterocycles. The maximum atomic E-state index is 11.4. The average Bonchev–Trinajstić information content (AvgIpc) is 3.14. The third-order valence-electron chi connectivity index (χ3n) is 3.13. The van der Waals surface area contributed by atoms with Crippen molar-refractivity contribution in [3.8, 4) is 10.6 Å². The number of nitrogens with zero attached hydrogens (tertiary/aromatic N) is 2. The fourth-order valence-corrected chi connectivity index (χ4v) is 3.78. The monoisotopic (exact) mass is 320 g/mol. The normalized spacial score (nSPS) is 11.0. The van der Waals surface area contributed by atoms with Crippen molar-refractivity contribution < 1.29 is 14.4 Å². The molecule has 5 nitrogen and oxygen atoms in total. The predicted molar refractivity (Wildman–Crippen MR) is 81.2 cm³/mol. The molecule has 1 N–H and O–H groups in total. The molecule has 0 spiro atoms. The van der Waals surface area contributed by atoms with Crippen molar-refractivity contribution in [2.45, 2.75) is 20.3 Å². The summed E-state index contributed by atoms with van der Waals surface area (Å²) in [7, 11) is 0. The van der Waals surface area contributed by atoms with Crippen molar-refractivity contribution >= 4 is 28.6 Å². The van der Waals surface area contributed by atoms with E-state index in [-0.39, 0.29) is 4.88 Å². The van der Waals surface area contributed by atoms with Crippen LogP contribution < -0.4 is 0 Å². The highest BCUT2D eigenvalue weighted by molar-refractivity contribution is 7.16. The van der Waals surface area contributed by atoms with Gasteiger partial charge in [-0.2, -0.15) is 0 Å². The zero-order valence-electron chi connectivity index (χ0n) is 11.4. The van der Waals surface area contributed by atoms with Crippen LogP contribution in [-0.2, 0) is 6.42 Å². The van der Waals surface area contributed by atoms with Crippen molar-refractivity contribution in [1.82, 2.24) is 10.1 Å². The predicted octanol–water partition coefficient (Wildman–Crippen LogP) is 3.77. The Labute approximate surface area is 128 Å². The summed E-state index contributed by atoms with van der Waals surface area (Å²) in [4.78, 5) is 17.1. The molecule has 0 aliphatic carbocycles. The van der Waals surface area contributed by atoms with E-state index in [1.165, 1.54) is 22.7 Å². The Morgan fingerprint density at radius 2 is 2.24 bits per heavy atom. The first-order valence-corrected chi connectivity index (χ1v) is 7.94. The Hall–Kier alpha value is -1.99. The van der Waals surface area contributed by atoms with Crippen LogP contribution in [0.2, 0.25) is 0 Å². The van der Waals surface area contributed by atoms with Gasteiger partial charge in [0, 0.05) is 12.0 Å². The smallest absolute Gasteiger partial charge is 0.348 e. The van der Waals surface area contributed by atoms with E-state index in [2.05, 4.69) is 10.1 Å². The second-order valence-corrected chi connectivity index (χ2v) is 6.58. The zero-order valence-corrected chi connectivity index (χ0v) is 13.0. The number of hydrogen-bond acceptors (Lipinski definition) is 6. The van der Waals surface area contributed by atoms with Gasteiger partial charge in [-0.3, -0.25) is 0 Å². The summed E-state index contributed by atoms with van der Waals surface area (Å²) in [5, 5.41) is 15.9. The standard InChI is InChI=1S/C14H12N2O3S2/c1-7-9(8(2)19-16-7)6-11-15-12(10-4-3-5-20-10)13(21-11)14(17)18/h3-5H,6H2,1-2H3,(H,17,18). The van der Waals surface area contributed by atoms with E-state index in [0.717, 1.165) is 26.9 Å². The van der Waals surface area contributed by atoms with Gasteiger partial charge in [0.15, 0.2) is 0 Å². The number of aryl methyl sites for hydroxylation is 2. The second kappa shape index (κ2) is 5.42. The van der Waals surface area contributed by atoms with E-state index in [0.29, 0.717) is 12.1 Å². The molecule has 3 aromatic heterocycles. The third-order valence-corrected chi connectivity index (χ3v) is 5.05. The van der Waals surface area contributed by atoms with Crippen LogP contribution in [0.3, 0.4) is 0 Å². The Balaban J connectivity index is 2.01. The molecule has 0 saturated carbocycles. The minimum atomic E-state index is -0.944. The molecular formula is C14H12N2O3S2. The molecule has 0 bridgehead atoms. The largest absolute Gasteiger partial charge is 0.477 e. The number of thiophene rings is 1. The molecule has 0 amide bonds. The highest BCUT2D eigenvalue weighted by Crippen LogP contribution is 2.32. The van der Waals surface area contributed by atoms with Gasteiger partial charge in [-0.25, -0.2) is 9.78 Å². The van der Waals surface area contributed by atoms with Crippen LogP contribution in [0, 0.1) is 13.8 Å². The van der Waals surface area contributed by atoms with Gasteiger partial charge in [0.1, 0.15) is 16.3 Å². The summed E-state index contributed by atoms with van der Waals surface area (Å²) in [5.41, 5.74) is 2.33. The van der Waals surface area contributed by atoms with Gasteiger partial charge in [0.05, 0.1) is 15.6 Å². The molecule has 108 valence electrons. The van der Waals surface area contributed by atoms with Gasteiger partial charge in [-0.1, -0.05) is 11.2 Å². The van der Waals surface area contributed by atoms with E-state index >= 15 is 0 Å². The van der Waals surface area contributed by atoms with Crippen LogP contribution in [0.1, 0.15) is 31.7 Å². The molecule has 7 heteroatoms. The number of aromatic nitrogens is 2. The first-order valence-electron chi connectivity index (χ1n) is 6.25. The molecule has 0 fully saturated rings. The lowest BCUT2D eigenvalue weighted by atomic mass is 10.1. The number of thiazole rings is 1. The Kier molecular flexibility index (Phi) is 3.60. The second-order valence-electron chi connectivity index (χ2n) is 4.55. The summed E-state index contributed by atoms with van der Waals surface area (Å²) in [6.45, 7) is 3.72. The van der Waals surface area contributed by atoms with Crippen LogP contribution >= 0.6 is 22.7 Å². The summed E-state index contributed by atoms with van der Waals surface area (Å²) < 4.78 is 5.14. The van der Waals surface area contributed by atoms with Gasteiger partial charge >= 0.3 is 5.97 Å². The molecule has 3 rings (SSSR count). The summed E-state index contributed by atoms with van der Waals surface area (Å²) >= 11 is 2.69. The molecule has 0 unspecified atom stereocenters. The Bertz CT molecular complexity index is 768. The van der Waals surface area contributed by atoms with E-state index in [4.69, 9.17) is 4.52 Å². The van der Waals surface area contributed by atoms with Crippen LogP contribution in [0.5, 0.6) is 0 Å². The fraction of sp³-hybridized carbons (Fsp3) is 0.214. The number of hydrogen-bond donors (Lipinski definition) is 1. The summed E-state index contributed by atoms with van der Waals surface area (Å²) in [6.07, 6.45) is 0.539. The molecule has 0 aromatic carbocycles. The van der Waals surface area contributed by atoms with Gasteiger partial charge in [-0.15, -0.1) is 22.7 Å². The summed E-state index contributed by atoms with van der Waals surface area (Å²) in [5.74, 6) is -0.196. The SMILES string of the molecule is Cc1noc(C)c1Cc1nc(-c2cccs2)c(C(=O)O)s1. The lowest BCUT2D eigenvalue weighted by Crippen LogP contribution is -1.94. The first kappa shape index (κ1) is 14.0. The third kappa shape index (κ3) is 2.62. The minimum Gasteiger partial charge on any atom is -0.477 e. The fourth-order valence-electron chi connectivity index (χ4n) is 2.07. The van der Waals surface area contributed by atoms with Crippen LogP contribution in [0.4, 0.5) is 0 Å². The highest BCUT2D eigenvalue weighted by Gasteiger charge is 2.21. The van der Waals surface area contributed by atoms with Crippen molar-refractivity contribution in [1.29, 1.82) is 0 Å². The number of carboxylic acid groups (broad SMARTS) is 1. The molecular weight excluding hydrogens is 308 g/mol. The van der Waals surface area contributed by atoms with E-state index < -0.39 is 5.97 Å². The molecule has 0 aliphatic rings. The van der Waals surface area contributed by atoms with Crippen molar-refractivity contribution in [2.75, 3.05) is 0 Å². The molecule has 0 aliphatic heterocycles. The first-order chi connectivity index (χ1) is 10.1. The molecule has 21 heavy (non-hydrogen) atoms. The van der Waals surface area contributed by atoms with Crippen molar-refractivity contribution in [3.63, 3.8) is 0 Å². The summed E-state index contributed by atoms with van der Waals surface area (Å²) in [6, 6.07) is 3.77. The number of carbonyl (C=O) groups is 1. The lowest BCUT2D eigenvalue weighted by Gasteiger charge is -1.95. The van der Waals surface area contributed by atoms with Gasteiger partial charge in [0.25, 0.3) is 0 Å². The van der Waals surface area contributed by atoms with Gasteiger partial charge in [0.2, 0.25) is 0 Å². The van der Waals surface area contributed by atoms with Crippen LogP contribution in [-0.4, -0.2) is 21.2 Å². The minimum absolute atomic E-state index is 0.277. The maximum absolute atomic E-state index is 11.4. The number of carboxylic acids is 1.